The molecule has 2 atom stereocenters. The molecule has 0 spiro atoms. The van der Waals surface area contributed by atoms with Gasteiger partial charge in [0.25, 0.3) is 30.0 Å². The van der Waals surface area contributed by atoms with Crippen LogP contribution >= 0.6 is 0 Å². The predicted molar refractivity (Wildman–Crippen MR) is 114 cm³/mol. The third-order valence-corrected chi connectivity index (χ3v) is 5.13. The normalized spacial score (nSPS) is 25.9. The Bertz CT molecular complexity index is 580. The van der Waals surface area contributed by atoms with E-state index in [0.29, 0.717) is 23.7 Å². The van der Waals surface area contributed by atoms with Crippen LogP contribution in [0.4, 0.5) is 0 Å². The summed E-state index contributed by atoms with van der Waals surface area (Å²) < 4.78 is 25.2. The summed E-state index contributed by atoms with van der Waals surface area (Å²) in [5.41, 5.74) is 1.58. The van der Waals surface area contributed by atoms with Crippen molar-refractivity contribution in [3.05, 3.63) is 35.2 Å². The van der Waals surface area contributed by atoms with Crippen molar-refractivity contribution in [1.82, 2.24) is 0 Å². The van der Waals surface area contributed by atoms with Crippen LogP contribution in [-0.2, 0) is 18.3 Å². The van der Waals surface area contributed by atoms with E-state index < -0.39 is 18.1 Å². The molecule has 0 aromatic carbocycles. The van der Waals surface area contributed by atoms with Crippen LogP contribution in [0.2, 0.25) is 26.2 Å². The van der Waals surface area contributed by atoms with E-state index in [9.17, 15) is 0 Å². The molecule has 27 heavy (non-hydrogen) atoms. The van der Waals surface area contributed by atoms with E-state index in [0.717, 1.165) is 17.6 Å². The van der Waals surface area contributed by atoms with Gasteiger partial charge in [-0.15, -0.1) is 0 Å². The Labute approximate surface area is 169 Å². The lowest BCUT2D eigenvalue weighted by Gasteiger charge is -2.30. The molecular weight excluding hydrogens is 372 g/mol. The van der Waals surface area contributed by atoms with Gasteiger partial charge in [-0.1, -0.05) is 12.2 Å². The van der Waals surface area contributed by atoms with E-state index in [4.69, 9.17) is 18.3 Å². The summed E-state index contributed by atoms with van der Waals surface area (Å²) in [7, 11) is -1.94. The van der Waals surface area contributed by atoms with Crippen LogP contribution in [0, 0.1) is 11.8 Å². The van der Waals surface area contributed by atoms with Crippen LogP contribution in [0.25, 0.3) is 0 Å². The van der Waals surface area contributed by atoms with Crippen LogP contribution in [0.5, 0.6) is 0 Å². The molecule has 0 N–H and O–H groups in total. The third-order valence-electron chi connectivity index (χ3n) is 3.95. The van der Waals surface area contributed by atoms with Crippen molar-refractivity contribution in [1.29, 1.82) is 0 Å². The van der Waals surface area contributed by atoms with Crippen LogP contribution in [0.3, 0.4) is 0 Å². The van der Waals surface area contributed by atoms with Crippen molar-refractivity contribution in [2.24, 2.45) is 11.8 Å². The first-order valence-electron chi connectivity index (χ1n) is 9.78. The number of fused-ring (bicyclic) bond motifs is 2. The van der Waals surface area contributed by atoms with Gasteiger partial charge in [0.2, 0.25) is 0 Å². The Hall–Kier alpha value is -1.15. The van der Waals surface area contributed by atoms with E-state index in [-0.39, 0.29) is 11.2 Å². The van der Waals surface area contributed by atoms with Gasteiger partial charge >= 0.3 is 0 Å². The minimum absolute atomic E-state index is 0.301. The number of allylic oxidation sites excluding steroid dienone is 4. The highest BCUT2D eigenvalue weighted by molar-refractivity contribution is 6.49. The molecule has 1 saturated carbocycles. The maximum absolute atomic E-state index is 6.31. The molecule has 0 aliphatic heterocycles. The fraction of sp³-hybridized carbons (Fsp3) is 0.714. The van der Waals surface area contributed by atoms with Crippen molar-refractivity contribution >= 4 is 18.1 Å². The van der Waals surface area contributed by atoms with E-state index in [1.807, 2.05) is 0 Å². The quantitative estimate of drug-likeness (QED) is 0.317. The molecule has 0 aromatic heterocycles. The van der Waals surface area contributed by atoms with Gasteiger partial charge < -0.3 is 18.3 Å². The minimum Gasteiger partial charge on any atom is -0.518 e. The van der Waals surface area contributed by atoms with Gasteiger partial charge in [0.15, 0.2) is 0 Å². The zero-order valence-corrected chi connectivity index (χ0v) is 20.6. The van der Waals surface area contributed by atoms with Crippen molar-refractivity contribution in [2.75, 3.05) is 0 Å². The number of rotatable bonds is 6. The summed E-state index contributed by atoms with van der Waals surface area (Å²) in [5.74, 6) is 1.92. The molecule has 0 aromatic rings. The zero-order chi connectivity index (χ0) is 20.6. The highest BCUT2D eigenvalue weighted by atomic mass is 28.3. The van der Waals surface area contributed by atoms with Crippen molar-refractivity contribution < 1.29 is 18.3 Å². The first-order valence-corrected chi connectivity index (χ1v) is 14.6. The van der Waals surface area contributed by atoms with Crippen molar-refractivity contribution in [3.8, 4) is 0 Å². The predicted octanol–water partition coefficient (Wildman–Crippen LogP) is 5.78. The maximum atomic E-state index is 6.31. The summed E-state index contributed by atoms with van der Waals surface area (Å²) in [6.07, 6.45) is 5.58. The smallest absolute Gasteiger partial charge is 0.278 e. The second kappa shape index (κ2) is 8.07. The molecule has 152 valence electrons. The monoisotopic (exact) mass is 408 g/mol. The first-order chi connectivity index (χ1) is 12.3. The average Bonchev–Trinajstić information content (AvgIpc) is 3.01. The molecule has 2 aliphatic rings. The Balaban J connectivity index is 2.63. The molecule has 2 aliphatic carbocycles. The summed E-state index contributed by atoms with van der Waals surface area (Å²) >= 11 is 0. The summed E-state index contributed by atoms with van der Waals surface area (Å²) in [4.78, 5) is 0. The standard InChI is InChI=1S/C21H36O4Si2/c1-20(2,3)22-18(24-26(7)8)16-14-11-12-15(13-14)17(16)19(25-27(9)10)23-21(4,5)6/h11-12,14-15H,13H2,1-10H3. The SMILES string of the molecule is C[Si](C)OC(OC(C)(C)C)=C1C(=C(O[Si](C)C)OC(C)(C)C)C2C=CC1C2. The van der Waals surface area contributed by atoms with Gasteiger partial charge in [-0.25, -0.2) is 0 Å². The lowest BCUT2D eigenvalue weighted by Crippen LogP contribution is -2.26. The van der Waals surface area contributed by atoms with E-state index >= 15 is 0 Å². The molecule has 2 bridgehead atoms. The molecule has 6 heteroatoms. The van der Waals surface area contributed by atoms with E-state index in [1.165, 1.54) is 0 Å². The minimum atomic E-state index is -0.969. The van der Waals surface area contributed by atoms with Gasteiger partial charge in [-0.05, 0) is 74.2 Å². The molecule has 0 heterocycles. The molecular formula is C21H36O4Si2. The second-order valence-electron chi connectivity index (χ2n) is 9.69. The lowest BCUT2D eigenvalue weighted by atomic mass is 9.95. The highest BCUT2D eigenvalue weighted by Crippen LogP contribution is 2.51. The molecule has 0 amide bonds. The van der Waals surface area contributed by atoms with Crippen molar-refractivity contribution in [3.63, 3.8) is 0 Å². The Morgan fingerprint density at radius 1 is 0.741 bits per heavy atom. The fourth-order valence-electron chi connectivity index (χ4n) is 3.24. The summed E-state index contributed by atoms with van der Waals surface area (Å²) in [6, 6.07) is 0. The van der Waals surface area contributed by atoms with Gasteiger partial charge in [-0.2, -0.15) is 0 Å². The highest BCUT2D eigenvalue weighted by Gasteiger charge is 2.44. The Kier molecular flexibility index (Phi) is 6.62. The van der Waals surface area contributed by atoms with Crippen LogP contribution in [-0.4, -0.2) is 29.3 Å². The molecule has 2 radical (unpaired) electrons. The second-order valence-corrected chi connectivity index (χ2v) is 13.7. The van der Waals surface area contributed by atoms with Gasteiger partial charge in [0.1, 0.15) is 11.2 Å². The van der Waals surface area contributed by atoms with E-state index in [2.05, 4.69) is 79.9 Å². The first kappa shape index (κ1) is 22.1. The number of ether oxygens (including phenoxy) is 2. The van der Waals surface area contributed by atoms with Crippen LogP contribution in [0.15, 0.2) is 35.2 Å². The van der Waals surface area contributed by atoms with Crippen LogP contribution < -0.4 is 0 Å². The van der Waals surface area contributed by atoms with Crippen LogP contribution in [0.1, 0.15) is 48.0 Å². The molecule has 1 fully saturated rings. The summed E-state index contributed by atoms with van der Waals surface area (Å²) in [6.45, 7) is 20.9. The molecule has 0 saturated heterocycles. The number of hydrogen-bond donors (Lipinski definition) is 0. The maximum Gasteiger partial charge on any atom is 0.278 e. The van der Waals surface area contributed by atoms with Crippen molar-refractivity contribution in [2.45, 2.75) is 85.4 Å². The average molecular weight is 409 g/mol. The van der Waals surface area contributed by atoms with Gasteiger partial charge in [-0.3, -0.25) is 0 Å². The number of hydrogen-bond acceptors (Lipinski definition) is 4. The fourth-order valence-corrected chi connectivity index (χ4v) is 4.28. The molecule has 2 rings (SSSR count). The van der Waals surface area contributed by atoms with Gasteiger partial charge in [0.05, 0.1) is 0 Å². The zero-order valence-electron chi connectivity index (χ0n) is 18.6. The molecule has 2 unspecified atom stereocenters. The summed E-state index contributed by atoms with van der Waals surface area (Å²) in [5, 5.41) is 0. The van der Waals surface area contributed by atoms with E-state index in [1.54, 1.807) is 0 Å². The van der Waals surface area contributed by atoms with Gasteiger partial charge in [0, 0.05) is 23.0 Å². The largest absolute Gasteiger partial charge is 0.518 e. The lowest BCUT2D eigenvalue weighted by molar-refractivity contribution is -0.0156. The third kappa shape index (κ3) is 6.17. The molecule has 4 nitrogen and oxygen atoms in total. The topological polar surface area (TPSA) is 36.9 Å². The Morgan fingerprint density at radius 2 is 1.07 bits per heavy atom. The Morgan fingerprint density at radius 3 is 1.33 bits per heavy atom.